The Morgan fingerprint density at radius 3 is 2.70 bits per heavy atom. The lowest BCUT2D eigenvalue weighted by Gasteiger charge is -2.37. The average molecular weight is 270 g/mol. The van der Waals surface area contributed by atoms with Crippen molar-refractivity contribution in [2.24, 2.45) is 11.1 Å². The Bertz CT molecular complexity index is 542. The van der Waals surface area contributed by atoms with E-state index in [0.29, 0.717) is 17.5 Å². The normalized spacial score (nSPS) is 17.2. The molecule has 0 aromatic heterocycles. The lowest BCUT2D eigenvalue weighted by atomic mass is 9.82. The first kappa shape index (κ1) is 14.6. The number of carbonyl (C=O) groups excluding carboxylic acids is 1. The standard InChI is InChI=1S/C17H22N2O/c1-17(2)8-11-19(12-9-17)16(20)15-7-3-5-14(13-15)6-4-10-18/h3,5,7,13H,8-12,18H2,1-2H3. The number of piperidine rings is 1. The van der Waals surface area contributed by atoms with Gasteiger partial charge >= 0.3 is 0 Å². The van der Waals surface area contributed by atoms with Crippen LogP contribution in [0.15, 0.2) is 24.3 Å². The Morgan fingerprint density at radius 1 is 1.35 bits per heavy atom. The minimum absolute atomic E-state index is 0.108. The number of likely N-dealkylation sites (tertiary alicyclic amines) is 1. The van der Waals surface area contributed by atoms with E-state index in [1.54, 1.807) is 0 Å². The highest BCUT2D eigenvalue weighted by Crippen LogP contribution is 2.30. The molecule has 0 bridgehead atoms. The zero-order valence-electron chi connectivity index (χ0n) is 12.3. The van der Waals surface area contributed by atoms with Crippen LogP contribution in [0, 0.1) is 17.3 Å². The third kappa shape index (κ3) is 3.61. The van der Waals surface area contributed by atoms with Gasteiger partial charge in [0.05, 0.1) is 6.54 Å². The van der Waals surface area contributed by atoms with Crippen molar-refractivity contribution >= 4 is 5.91 Å². The van der Waals surface area contributed by atoms with Gasteiger partial charge in [-0.1, -0.05) is 31.8 Å². The molecule has 1 aromatic rings. The molecule has 3 heteroatoms. The molecule has 0 spiro atoms. The van der Waals surface area contributed by atoms with Gasteiger partial charge in [0.25, 0.3) is 5.91 Å². The van der Waals surface area contributed by atoms with E-state index in [1.165, 1.54) is 0 Å². The summed E-state index contributed by atoms with van der Waals surface area (Å²) < 4.78 is 0. The van der Waals surface area contributed by atoms with Crippen molar-refractivity contribution in [1.29, 1.82) is 0 Å². The molecule has 20 heavy (non-hydrogen) atoms. The first-order chi connectivity index (χ1) is 9.52. The van der Waals surface area contributed by atoms with Gasteiger partial charge < -0.3 is 10.6 Å². The van der Waals surface area contributed by atoms with Crippen LogP contribution in [0.2, 0.25) is 0 Å². The highest BCUT2D eigenvalue weighted by atomic mass is 16.2. The molecule has 0 unspecified atom stereocenters. The van der Waals surface area contributed by atoms with Crippen LogP contribution in [0.1, 0.15) is 42.6 Å². The summed E-state index contributed by atoms with van der Waals surface area (Å²) in [6.07, 6.45) is 2.12. The van der Waals surface area contributed by atoms with Gasteiger partial charge in [-0.2, -0.15) is 0 Å². The molecule has 1 amide bonds. The van der Waals surface area contributed by atoms with Gasteiger partial charge in [0.2, 0.25) is 0 Å². The van der Waals surface area contributed by atoms with E-state index in [-0.39, 0.29) is 5.91 Å². The smallest absolute Gasteiger partial charge is 0.253 e. The summed E-state index contributed by atoms with van der Waals surface area (Å²) >= 11 is 0. The van der Waals surface area contributed by atoms with E-state index in [2.05, 4.69) is 25.7 Å². The first-order valence-electron chi connectivity index (χ1n) is 7.10. The third-order valence-electron chi connectivity index (χ3n) is 3.85. The molecule has 0 aliphatic carbocycles. The van der Waals surface area contributed by atoms with Crippen LogP contribution in [0.4, 0.5) is 0 Å². The Kier molecular flexibility index (Phi) is 4.46. The topological polar surface area (TPSA) is 46.3 Å². The molecule has 1 heterocycles. The second-order valence-corrected chi connectivity index (χ2v) is 6.04. The Morgan fingerprint density at radius 2 is 2.05 bits per heavy atom. The van der Waals surface area contributed by atoms with Crippen molar-refractivity contribution in [3.05, 3.63) is 35.4 Å². The number of hydrogen-bond donors (Lipinski definition) is 1. The largest absolute Gasteiger partial charge is 0.339 e. The maximum atomic E-state index is 12.5. The Hall–Kier alpha value is -1.79. The fourth-order valence-corrected chi connectivity index (χ4v) is 2.38. The summed E-state index contributed by atoms with van der Waals surface area (Å²) in [6.45, 7) is 6.53. The van der Waals surface area contributed by atoms with Crippen LogP contribution in [0.5, 0.6) is 0 Å². The molecule has 1 saturated heterocycles. The second kappa shape index (κ2) is 6.11. The maximum Gasteiger partial charge on any atom is 0.253 e. The van der Waals surface area contributed by atoms with Crippen LogP contribution in [-0.4, -0.2) is 30.4 Å². The van der Waals surface area contributed by atoms with Gasteiger partial charge in [-0.3, -0.25) is 4.79 Å². The molecule has 0 saturated carbocycles. The van der Waals surface area contributed by atoms with Crippen molar-refractivity contribution in [3.63, 3.8) is 0 Å². The number of benzene rings is 1. The van der Waals surface area contributed by atoms with E-state index in [4.69, 9.17) is 5.73 Å². The van der Waals surface area contributed by atoms with Crippen LogP contribution in [0.25, 0.3) is 0 Å². The molecule has 3 nitrogen and oxygen atoms in total. The SMILES string of the molecule is CC1(C)CCN(C(=O)c2cccc(C#CCN)c2)CC1. The summed E-state index contributed by atoms with van der Waals surface area (Å²) in [5, 5.41) is 0. The van der Waals surface area contributed by atoms with E-state index < -0.39 is 0 Å². The molecular formula is C17H22N2O. The van der Waals surface area contributed by atoms with E-state index >= 15 is 0 Å². The zero-order chi connectivity index (χ0) is 14.6. The molecule has 1 aliphatic rings. The predicted octanol–water partition coefficient (Wildman–Crippen LogP) is 2.26. The van der Waals surface area contributed by atoms with Crippen molar-refractivity contribution in [2.45, 2.75) is 26.7 Å². The molecule has 1 aliphatic heterocycles. The molecule has 2 rings (SSSR count). The van der Waals surface area contributed by atoms with Gasteiger partial charge in [0.15, 0.2) is 0 Å². The minimum atomic E-state index is 0.108. The minimum Gasteiger partial charge on any atom is -0.339 e. The fourth-order valence-electron chi connectivity index (χ4n) is 2.38. The quantitative estimate of drug-likeness (QED) is 0.796. The van der Waals surface area contributed by atoms with E-state index in [0.717, 1.165) is 31.5 Å². The summed E-state index contributed by atoms with van der Waals surface area (Å²) in [6, 6.07) is 7.49. The molecule has 0 radical (unpaired) electrons. The first-order valence-corrected chi connectivity index (χ1v) is 7.10. The van der Waals surface area contributed by atoms with Crippen LogP contribution in [0.3, 0.4) is 0 Å². The predicted molar refractivity (Wildman–Crippen MR) is 81.3 cm³/mol. The van der Waals surface area contributed by atoms with Crippen molar-refractivity contribution < 1.29 is 4.79 Å². The molecule has 2 N–H and O–H groups in total. The monoisotopic (exact) mass is 270 g/mol. The Balaban J connectivity index is 2.10. The highest BCUT2D eigenvalue weighted by Gasteiger charge is 2.28. The lowest BCUT2D eigenvalue weighted by molar-refractivity contribution is 0.0630. The lowest BCUT2D eigenvalue weighted by Crippen LogP contribution is -2.41. The van der Waals surface area contributed by atoms with Gasteiger partial charge in [0.1, 0.15) is 0 Å². The van der Waals surface area contributed by atoms with Gasteiger partial charge in [0, 0.05) is 24.2 Å². The number of nitrogens with two attached hydrogens (primary N) is 1. The van der Waals surface area contributed by atoms with E-state index in [1.807, 2.05) is 29.2 Å². The summed E-state index contributed by atoms with van der Waals surface area (Å²) in [4.78, 5) is 14.4. The van der Waals surface area contributed by atoms with Crippen LogP contribution in [-0.2, 0) is 0 Å². The number of nitrogens with zero attached hydrogens (tertiary/aromatic N) is 1. The number of hydrogen-bond acceptors (Lipinski definition) is 2. The third-order valence-corrected chi connectivity index (χ3v) is 3.85. The molecular weight excluding hydrogens is 248 g/mol. The van der Waals surface area contributed by atoms with Crippen LogP contribution >= 0.6 is 0 Å². The van der Waals surface area contributed by atoms with Gasteiger partial charge in [-0.05, 0) is 36.5 Å². The summed E-state index contributed by atoms with van der Waals surface area (Å²) in [7, 11) is 0. The molecule has 1 aromatic carbocycles. The highest BCUT2D eigenvalue weighted by molar-refractivity contribution is 5.94. The zero-order valence-corrected chi connectivity index (χ0v) is 12.3. The molecule has 1 fully saturated rings. The second-order valence-electron chi connectivity index (χ2n) is 6.04. The number of rotatable bonds is 1. The van der Waals surface area contributed by atoms with Gasteiger partial charge in [-0.25, -0.2) is 0 Å². The fraction of sp³-hybridized carbons (Fsp3) is 0.471. The number of carbonyl (C=O) groups is 1. The Labute approximate surface area is 121 Å². The molecule has 0 atom stereocenters. The van der Waals surface area contributed by atoms with E-state index in [9.17, 15) is 4.79 Å². The van der Waals surface area contributed by atoms with Crippen LogP contribution < -0.4 is 5.73 Å². The maximum absolute atomic E-state index is 12.5. The molecule has 106 valence electrons. The average Bonchev–Trinajstić information content (AvgIpc) is 2.45. The van der Waals surface area contributed by atoms with Crippen molar-refractivity contribution in [2.75, 3.05) is 19.6 Å². The van der Waals surface area contributed by atoms with Crippen molar-refractivity contribution in [3.8, 4) is 11.8 Å². The summed E-state index contributed by atoms with van der Waals surface area (Å²) in [5.41, 5.74) is 7.28. The van der Waals surface area contributed by atoms with Gasteiger partial charge in [-0.15, -0.1) is 0 Å². The summed E-state index contributed by atoms with van der Waals surface area (Å²) in [5.74, 6) is 5.89. The number of amides is 1. The van der Waals surface area contributed by atoms with Crippen molar-refractivity contribution in [1.82, 2.24) is 4.90 Å².